The number of benzene rings is 1. The Bertz CT molecular complexity index is 542. The van der Waals surface area contributed by atoms with E-state index in [2.05, 4.69) is 0 Å². The van der Waals surface area contributed by atoms with Crippen molar-refractivity contribution in [3.63, 3.8) is 0 Å². The smallest absolute Gasteiger partial charge is 0.225 e. The average molecular weight is 261 g/mol. The van der Waals surface area contributed by atoms with Crippen molar-refractivity contribution in [1.82, 2.24) is 4.90 Å². The summed E-state index contributed by atoms with van der Waals surface area (Å²) < 4.78 is 17.1. The average Bonchev–Trinajstić information content (AvgIpc) is 2.44. The Morgan fingerprint density at radius 2 is 1.89 bits per heavy atom. The van der Waals surface area contributed by atoms with Crippen LogP contribution in [0.15, 0.2) is 12.1 Å². The summed E-state index contributed by atoms with van der Waals surface area (Å²) in [5.41, 5.74) is 0.996. The minimum atomic E-state index is -0.115. The fraction of sp³-hybridized carbons (Fsp3) is 0.500. The molecule has 1 unspecified atom stereocenters. The molecule has 0 spiro atoms. The summed E-state index contributed by atoms with van der Waals surface area (Å²) >= 11 is 0. The van der Waals surface area contributed by atoms with Crippen molar-refractivity contribution < 1.29 is 19.0 Å². The zero-order chi connectivity index (χ0) is 12.8. The van der Waals surface area contributed by atoms with Gasteiger partial charge in [-0.1, -0.05) is 0 Å². The summed E-state index contributed by atoms with van der Waals surface area (Å²) in [7, 11) is 0. The minimum Gasteiger partial charge on any atom is -0.486 e. The molecule has 0 aliphatic carbocycles. The van der Waals surface area contributed by atoms with Crippen molar-refractivity contribution in [3.05, 3.63) is 17.7 Å². The topological polar surface area (TPSA) is 48.0 Å². The maximum Gasteiger partial charge on any atom is 0.225 e. The van der Waals surface area contributed by atoms with E-state index in [1.807, 2.05) is 17.0 Å². The molecule has 1 atom stereocenters. The monoisotopic (exact) mass is 261 g/mol. The largest absolute Gasteiger partial charge is 0.486 e. The Kier molecular flexibility index (Phi) is 2.33. The van der Waals surface area contributed by atoms with Gasteiger partial charge in [0.2, 0.25) is 5.91 Å². The first-order valence-electron chi connectivity index (χ1n) is 6.70. The molecule has 100 valence electrons. The molecule has 0 saturated carbocycles. The van der Waals surface area contributed by atoms with Gasteiger partial charge in [0.15, 0.2) is 17.7 Å². The molecule has 4 rings (SSSR count). The number of rotatable bonds is 0. The standard InChI is InChI=1S/C14H15NO4/c16-13-2-1-3-14-15(13)8-9-6-11-12(7-10(9)19-14)18-5-4-17-11/h6-7,14H,1-5,8H2. The number of hydrogen-bond donors (Lipinski definition) is 0. The highest BCUT2D eigenvalue weighted by atomic mass is 16.6. The summed E-state index contributed by atoms with van der Waals surface area (Å²) in [6.07, 6.45) is 2.32. The van der Waals surface area contributed by atoms with Crippen LogP contribution in [-0.2, 0) is 11.3 Å². The van der Waals surface area contributed by atoms with Crippen LogP contribution in [0.1, 0.15) is 24.8 Å². The molecule has 5 heteroatoms. The lowest BCUT2D eigenvalue weighted by Crippen LogP contribution is -2.48. The van der Waals surface area contributed by atoms with Crippen LogP contribution in [0.4, 0.5) is 0 Å². The van der Waals surface area contributed by atoms with Gasteiger partial charge in [0.25, 0.3) is 0 Å². The molecular weight excluding hydrogens is 246 g/mol. The highest BCUT2D eigenvalue weighted by molar-refractivity contribution is 5.77. The molecule has 1 saturated heterocycles. The van der Waals surface area contributed by atoms with Crippen LogP contribution in [0.2, 0.25) is 0 Å². The van der Waals surface area contributed by atoms with Crippen LogP contribution in [0.3, 0.4) is 0 Å². The minimum absolute atomic E-state index is 0.115. The molecular formula is C14H15NO4. The first-order chi connectivity index (χ1) is 9.31. The van der Waals surface area contributed by atoms with E-state index in [0.717, 1.165) is 35.7 Å². The third-order valence-corrected chi connectivity index (χ3v) is 3.84. The summed E-state index contributed by atoms with van der Waals surface area (Å²) in [5, 5.41) is 0. The number of ether oxygens (including phenoxy) is 3. The highest BCUT2D eigenvalue weighted by Gasteiger charge is 2.35. The van der Waals surface area contributed by atoms with E-state index >= 15 is 0 Å². The van der Waals surface area contributed by atoms with E-state index in [0.29, 0.717) is 26.2 Å². The Hall–Kier alpha value is -1.91. The van der Waals surface area contributed by atoms with Gasteiger partial charge in [0.1, 0.15) is 19.0 Å². The second kappa shape index (κ2) is 4.05. The first-order valence-corrected chi connectivity index (χ1v) is 6.70. The van der Waals surface area contributed by atoms with Gasteiger partial charge in [0, 0.05) is 24.5 Å². The molecule has 1 aromatic carbocycles. The molecule has 0 N–H and O–H groups in total. The zero-order valence-corrected chi connectivity index (χ0v) is 10.6. The summed E-state index contributed by atoms with van der Waals surface area (Å²) in [4.78, 5) is 13.7. The third kappa shape index (κ3) is 1.72. The molecule has 0 radical (unpaired) electrons. The maximum absolute atomic E-state index is 11.9. The Morgan fingerprint density at radius 1 is 1.11 bits per heavy atom. The van der Waals surface area contributed by atoms with Crippen molar-refractivity contribution in [2.45, 2.75) is 32.0 Å². The highest BCUT2D eigenvalue weighted by Crippen LogP contribution is 2.41. The van der Waals surface area contributed by atoms with Gasteiger partial charge in [-0.05, 0) is 12.5 Å². The van der Waals surface area contributed by atoms with Crippen LogP contribution in [0.5, 0.6) is 17.2 Å². The van der Waals surface area contributed by atoms with Crippen LogP contribution >= 0.6 is 0 Å². The molecule has 3 aliphatic heterocycles. The Balaban J connectivity index is 1.72. The molecule has 0 aromatic heterocycles. The Labute approximate surface area is 111 Å². The summed E-state index contributed by atoms with van der Waals surface area (Å²) in [6, 6.07) is 3.82. The first kappa shape index (κ1) is 11.0. The van der Waals surface area contributed by atoms with Gasteiger partial charge in [-0.2, -0.15) is 0 Å². The fourth-order valence-corrected chi connectivity index (χ4v) is 2.88. The van der Waals surface area contributed by atoms with Gasteiger partial charge in [-0.3, -0.25) is 4.79 Å². The normalized spacial score (nSPS) is 24.3. The van der Waals surface area contributed by atoms with Crippen molar-refractivity contribution >= 4 is 5.91 Å². The van der Waals surface area contributed by atoms with E-state index in [4.69, 9.17) is 14.2 Å². The predicted molar refractivity (Wildman–Crippen MR) is 66.2 cm³/mol. The van der Waals surface area contributed by atoms with Crippen molar-refractivity contribution in [1.29, 1.82) is 0 Å². The molecule has 1 aromatic rings. The lowest BCUT2D eigenvalue weighted by molar-refractivity contribution is -0.147. The van der Waals surface area contributed by atoms with Crippen molar-refractivity contribution in [2.75, 3.05) is 13.2 Å². The van der Waals surface area contributed by atoms with Crippen LogP contribution in [-0.4, -0.2) is 30.2 Å². The lowest BCUT2D eigenvalue weighted by Gasteiger charge is -2.40. The number of piperidine rings is 1. The number of hydrogen-bond acceptors (Lipinski definition) is 4. The van der Waals surface area contributed by atoms with E-state index < -0.39 is 0 Å². The number of fused-ring (bicyclic) bond motifs is 3. The maximum atomic E-state index is 11.9. The second-order valence-electron chi connectivity index (χ2n) is 5.09. The lowest BCUT2D eigenvalue weighted by atomic mass is 10.0. The van der Waals surface area contributed by atoms with Crippen LogP contribution < -0.4 is 14.2 Å². The van der Waals surface area contributed by atoms with Gasteiger partial charge in [-0.25, -0.2) is 0 Å². The van der Waals surface area contributed by atoms with Gasteiger partial charge >= 0.3 is 0 Å². The Morgan fingerprint density at radius 3 is 2.74 bits per heavy atom. The van der Waals surface area contributed by atoms with E-state index in [9.17, 15) is 4.79 Å². The number of carbonyl (C=O) groups is 1. The van der Waals surface area contributed by atoms with E-state index in [-0.39, 0.29) is 12.1 Å². The molecule has 0 bridgehead atoms. The van der Waals surface area contributed by atoms with Crippen molar-refractivity contribution in [2.24, 2.45) is 0 Å². The van der Waals surface area contributed by atoms with Gasteiger partial charge in [-0.15, -0.1) is 0 Å². The zero-order valence-electron chi connectivity index (χ0n) is 10.6. The number of carbonyl (C=O) groups excluding carboxylic acids is 1. The van der Waals surface area contributed by atoms with E-state index in [1.165, 1.54) is 0 Å². The van der Waals surface area contributed by atoms with Gasteiger partial charge < -0.3 is 19.1 Å². The predicted octanol–water partition coefficient (Wildman–Crippen LogP) is 1.69. The number of nitrogens with zero attached hydrogens (tertiary/aromatic N) is 1. The van der Waals surface area contributed by atoms with Crippen LogP contribution in [0, 0.1) is 0 Å². The molecule has 1 amide bonds. The quantitative estimate of drug-likeness (QED) is 0.713. The SMILES string of the molecule is O=C1CCCC2Oc3cc4c(cc3CN12)OCCO4. The third-order valence-electron chi connectivity index (χ3n) is 3.84. The van der Waals surface area contributed by atoms with Crippen molar-refractivity contribution in [3.8, 4) is 17.2 Å². The molecule has 1 fully saturated rings. The fourth-order valence-electron chi connectivity index (χ4n) is 2.88. The molecule has 19 heavy (non-hydrogen) atoms. The summed E-state index contributed by atoms with van der Waals surface area (Å²) in [6.45, 7) is 1.74. The molecule has 3 heterocycles. The molecule has 3 aliphatic rings. The van der Waals surface area contributed by atoms with Crippen LogP contribution in [0.25, 0.3) is 0 Å². The van der Waals surface area contributed by atoms with Gasteiger partial charge in [0.05, 0.1) is 6.54 Å². The number of amides is 1. The summed E-state index contributed by atoms with van der Waals surface area (Å²) in [5.74, 6) is 2.48. The van der Waals surface area contributed by atoms with E-state index in [1.54, 1.807) is 0 Å². The molecule has 5 nitrogen and oxygen atoms in total. The second-order valence-corrected chi connectivity index (χ2v) is 5.09.